The second-order valence-corrected chi connectivity index (χ2v) is 5.02. The number of carbonyl (C=O) groups is 2. The smallest absolute Gasteiger partial charge is 0.326 e. The maximum absolute atomic E-state index is 12.0. The van der Waals surface area contributed by atoms with Crippen LogP contribution in [0.25, 0.3) is 0 Å². The first-order valence-corrected chi connectivity index (χ1v) is 6.84. The second kappa shape index (κ2) is 7.08. The van der Waals surface area contributed by atoms with E-state index in [1.54, 1.807) is 25.3 Å². The van der Waals surface area contributed by atoms with E-state index in [1.165, 1.54) is 0 Å². The van der Waals surface area contributed by atoms with Crippen LogP contribution in [0.3, 0.4) is 0 Å². The van der Waals surface area contributed by atoms with Crippen LogP contribution in [-0.4, -0.2) is 43.3 Å². The molecule has 0 radical (unpaired) electrons. The van der Waals surface area contributed by atoms with Crippen molar-refractivity contribution in [2.45, 2.75) is 18.9 Å². The van der Waals surface area contributed by atoms with E-state index in [1.807, 2.05) is 6.07 Å². The first kappa shape index (κ1) is 15.3. The number of carbonyl (C=O) groups excluding carboxylic acids is 1. The third-order valence-corrected chi connectivity index (χ3v) is 3.49. The summed E-state index contributed by atoms with van der Waals surface area (Å²) in [4.78, 5) is 23.3. The number of nitrogens with one attached hydrogen (secondary N) is 1. The van der Waals surface area contributed by atoms with E-state index in [9.17, 15) is 14.7 Å². The minimum atomic E-state index is -1.05. The van der Waals surface area contributed by atoms with Crippen molar-refractivity contribution in [3.05, 3.63) is 29.8 Å². The molecule has 1 aromatic carbocycles. The van der Waals surface area contributed by atoms with Gasteiger partial charge in [-0.15, -0.1) is 0 Å². The maximum atomic E-state index is 12.0. The molecule has 1 fully saturated rings. The highest BCUT2D eigenvalue weighted by molar-refractivity contribution is 5.85. The Morgan fingerprint density at radius 3 is 2.95 bits per heavy atom. The molecular formula is C15H19NO5. The first-order valence-electron chi connectivity index (χ1n) is 6.84. The minimum Gasteiger partial charge on any atom is -0.497 e. The number of benzene rings is 1. The molecule has 1 heterocycles. The van der Waals surface area contributed by atoms with Crippen molar-refractivity contribution in [1.82, 2.24) is 5.32 Å². The van der Waals surface area contributed by atoms with Crippen LogP contribution in [0.2, 0.25) is 0 Å². The predicted octanol–water partition coefficient (Wildman–Crippen LogP) is 0.844. The summed E-state index contributed by atoms with van der Waals surface area (Å²) < 4.78 is 10.3. The SMILES string of the molecule is COc1cccc(C[C@H](NC(=O)[C@H]2CCOC2)C(=O)O)c1. The van der Waals surface area contributed by atoms with Gasteiger partial charge in [0.1, 0.15) is 11.8 Å². The van der Waals surface area contributed by atoms with Crippen molar-refractivity contribution < 1.29 is 24.2 Å². The summed E-state index contributed by atoms with van der Waals surface area (Å²) in [5.74, 6) is -0.905. The molecule has 21 heavy (non-hydrogen) atoms. The Morgan fingerprint density at radius 1 is 1.52 bits per heavy atom. The molecule has 1 amide bonds. The van der Waals surface area contributed by atoms with Crippen LogP contribution in [0, 0.1) is 5.92 Å². The van der Waals surface area contributed by atoms with Gasteiger partial charge >= 0.3 is 5.97 Å². The molecule has 0 aromatic heterocycles. The van der Waals surface area contributed by atoms with Crippen LogP contribution in [0.4, 0.5) is 0 Å². The molecule has 1 saturated heterocycles. The molecule has 0 saturated carbocycles. The van der Waals surface area contributed by atoms with Crippen LogP contribution in [-0.2, 0) is 20.7 Å². The van der Waals surface area contributed by atoms with E-state index in [4.69, 9.17) is 9.47 Å². The van der Waals surface area contributed by atoms with Crippen LogP contribution in [0.15, 0.2) is 24.3 Å². The molecule has 2 rings (SSSR count). The summed E-state index contributed by atoms with van der Waals surface area (Å²) in [5, 5.41) is 11.9. The van der Waals surface area contributed by atoms with Crippen LogP contribution in [0.1, 0.15) is 12.0 Å². The van der Waals surface area contributed by atoms with Crippen molar-refractivity contribution >= 4 is 11.9 Å². The highest BCUT2D eigenvalue weighted by Crippen LogP contribution is 2.16. The van der Waals surface area contributed by atoms with Gasteiger partial charge in [0, 0.05) is 13.0 Å². The van der Waals surface area contributed by atoms with E-state index < -0.39 is 12.0 Å². The number of hydrogen-bond donors (Lipinski definition) is 2. The Bertz CT molecular complexity index is 511. The van der Waals surface area contributed by atoms with Gasteiger partial charge in [-0.25, -0.2) is 4.79 Å². The number of rotatable bonds is 6. The lowest BCUT2D eigenvalue weighted by Gasteiger charge is -2.17. The number of hydrogen-bond acceptors (Lipinski definition) is 4. The predicted molar refractivity (Wildman–Crippen MR) is 75.2 cm³/mol. The van der Waals surface area contributed by atoms with E-state index in [-0.39, 0.29) is 18.2 Å². The standard InChI is InChI=1S/C15H19NO5/c1-20-12-4-2-3-10(7-12)8-13(15(18)19)16-14(17)11-5-6-21-9-11/h2-4,7,11,13H,5-6,8-9H2,1H3,(H,16,17)(H,18,19)/t11-,13-/m0/s1. The summed E-state index contributed by atoms with van der Waals surface area (Å²) in [7, 11) is 1.55. The van der Waals surface area contributed by atoms with Gasteiger partial charge in [-0.1, -0.05) is 12.1 Å². The Hall–Kier alpha value is -2.08. The fourth-order valence-electron chi connectivity index (χ4n) is 2.27. The van der Waals surface area contributed by atoms with Crippen molar-refractivity contribution in [3.8, 4) is 5.75 Å². The monoisotopic (exact) mass is 293 g/mol. The zero-order valence-electron chi connectivity index (χ0n) is 11.9. The topological polar surface area (TPSA) is 84.9 Å². The summed E-state index contributed by atoms with van der Waals surface area (Å²) in [6.07, 6.45) is 0.850. The van der Waals surface area contributed by atoms with Crippen molar-refractivity contribution in [2.24, 2.45) is 5.92 Å². The normalized spacial score (nSPS) is 19.0. The molecule has 2 atom stereocenters. The third kappa shape index (κ3) is 4.19. The van der Waals surface area contributed by atoms with Gasteiger partial charge in [-0.3, -0.25) is 4.79 Å². The largest absolute Gasteiger partial charge is 0.497 e. The molecule has 6 nitrogen and oxygen atoms in total. The van der Waals surface area contributed by atoms with Gasteiger partial charge in [0.15, 0.2) is 0 Å². The third-order valence-electron chi connectivity index (χ3n) is 3.49. The molecule has 0 unspecified atom stereocenters. The molecule has 1 aliphatic rings. The Labute approximate surface area is 123 Å². The molecule has 2 N–H and O–H groups in total. The highest BCUT2D eigenvalue weighted by Gasteiger charge is 2.28. The minimum absolute atomic E-state index is 0.214. The molecular weight excluding hydrogens is 274 g/mol. The summed E-state index contributed by atoms with van der Waals surface area (Å²) in [5.41, 5.74) is 0.796. The molecule has 0 aliphatic carbocycles. The quantitative estimate of drug-likeness (QED) is 0.812. The Morgan fingerprint density at radius 2 is 2.33 bits per heavy atom. The number of methoxy groups -OCH3 is 1. The molecule has 1 aliphatic heterocycles. The average Bonchev–Trinajstić information content (AvgIpc) is 3.01. The fourth-order valence-corrected chi connectivity index (χ4v) is 2.27. The second-order valence-electron chi connectivity index (χ2n) is 5.02. The number of aliphatic carboxylic acids is 1. The van der Waals surface area contributed by atoms with E-state index >= 15 is 0 Å². The number of ether oxygens (including phenoxy) is 2. The van der Waals surface area contributed by atoms with Crippen LogP contribution < -0.4 is 10.1 Å². The van der Waals surface area contributed by atoms with Gasteiger partial charge in [0.25, 0.3) is 0 Å². The molecule has 114 valence electrons. The van der Waals surface area contributed by atoms with Gasteiger partial charge in [0.2, 0.25) is 5.91 Å². The fraction of sp³-hybridized carbons (Fsp3) is 0.467. The summed E-state index contributed by atoms with van der Waals surface area (Å²) >= 11 is 0. The Balaban J connectivity index is 2.01. The van der Waals surface area contributed by atoms with Gasteiger partial charge in [0.05, 0.1) is 19.6 Å². The van der Waals surface area contributed by atoms with Crippen LogP contribution in [0.5, 0.6) is 5.75 Å². The highest BCUT2D eigenvalue weighted by atomic mass is 16.5. The molecule has 0 bridgehead atoms. The van der Waals surface area contributed by atoms with E-state index in [0.29, 0.717) is 25.4 Å². The maximum Gasteiger partial charge on any atom is 0.326 e. The Kier molecular flexibility index (Phi) is 5.16. The lowest BCUT2D eigenvalue weighted by Crippen LogP contribution is -2.45. The van der Waals surface area contributed by atoms with Crippen molar-refractivity contribution in [3.63, 3.8) is 0 Å². The van der Waals surface area contributed by atoms with E-state index in [2.05, 4.69) is 5.32 Å². The van der Waals surface area contributed by atoms with Crippen molar-refractivity contribution in [1.29, 1.82) is 0 Å². The average molecular weight is 293 g/mol. The molecule has 1 aromatic rings. The molecule has 6 heteroatoms. The summed E-state index contributed by atoms with van der Waals surface area (Å²) in [6.45, 7) is 0.906. The lowest BCUT2D eigenvalue weighted by molar-refractivity contribution is -0.142. The number of carboxylic acids is 1. The number of amides is 1. The van der Waals surface area contributed by atoms with Crippen molar-refractivity contribution in [2.75, 3.05) is 20.3 Å². The first-order chi connectivity index (χ1) is 10.1. The molecule has 0 spiro atoms. The van der Waals surface area contributed by atoms with Gasteiger partial charge < -0.3 is 19.9 Å². The zero-order chi connectivity index (χ0) is 15.2. The van der Waals surface area contributed by atoms with Gasteiger partial charge in [-0.2, -0.15) is 0 Å². The van der Waals surface area contributed by atoms with Crippen LogP contribution >= 0.6 is 0 Å². The van der Waals surface area contributed by atoms with E-state index in [0.717, 1.165) is 5.56 Å². The lowest BCUT2D eigenvalue weighted by atomic mass is 10.0. The van der Waals surface area contributed by atoms with Gasteiger partial charge in [-0.05, 0) is 24.1 Å². The number of carboxylic acid groups (broad SMARTS) is 1. The summed E-state index contributed by atoms with van der Waals surface area (Å²) in [6, 6.07) is 6.20. The zero-order valence-corrected chi connectivity index (χ0v) is 11.9.